The number of nitrogens with zero attached hydrogens (tertiary/aromatic N) is 3. The summed E-state index contributed by atoms with van der Waals surface area (Å²) in [6.45, 7) is 2.74. The van der Waals surface area contributed by atoms with Crippen LogP contribution in [0.25, 0.3) is 0 Å². The van der Waals surface area contributed by atoms with E-state index in [4.69, 9.17) is 0 Å². The van der Waals surface area contributed by atoms with Gasteiger partial charge in [-0.1, -0.05) is 22.9 Å². The van der Waals surface area contributed by atoms with E-state index in [-0.39, 0.29) is 4.90 Å². The van der Waals surface area contributed by atoms with Crippen LogP contribution in [0.3, 0.4) is 0 Å². The lowest BCUT2D eigenvalue weighted by Gasteiger charge is -2.17. The topological polar surface area (TPSA) is 55.2 Å². The molecule has 0 aliphatic carbocycles. The molecule has 1 aromatic rings. The Morgan fingerprint density at radius 2 is 2.27 bits per heavy atom. The van der Waals surface area contributed by atoms with Gasteiger partial charge < -0.3 is 0 Å². The van der Waals surface area contributed by atoms with E-state index in [9.17, 15) is 8.42 Å². The highest BCUT2D eigenvalue weighted by Gasteiger charge is 2.23. The van der Waals surface area contributed by atoms with Gasteiger partial charge in [-0.05, 0) is 0 Å². The van der Waals surface area contributed by atoms with E-state index in [0.717, 1.165) is 0 Å². The number of hydrogen-bond acceptors (Lipinski definition) is 3. The maximum absolute atomic E-state index is 12.0. The van der Waals surface area contributed by atoms with Gasteiger partial charge in [0.1, 0.15) is 4.90 Å². The quantitative estimate of drug-likeness (QED) is 0.756. The number of hydrogen-bond donors (Lipinski definition) is 0. The molecule has 0 spiro atoms. The molecule has 0 N–H and O–H groups in total. The third kappa shape index (κ3) is 2.79. The number of halogens is 1. The molecule has 0 aromatic carbocycles. The highest BCUT2D eigenvalue weighted by molar-refractivity contribution is 9.09. The second-order valence-corrected chi connectivity index (χ2v) is 5.77. The molecular formula is C8H14BrN3O2S. The molecule has 0 aliphatic heterocycles. The zero-order chi connectivity index (χ0) is 11.5. The Balaban J connectivity index is 3.00. The fourth-order valence-electron chi connectivity index (χ4n) is 1.22. The van der Waals surface area contributed by atoms with Crippen molar-refractivity contribution in [3.05, 3.63) is 12.4 Å². The maximum atomic E-state index is 12.0. The van der Waals surface area contributed by atoms with E-state index in [1.165, 1.54) is 21.4 Å². The van der Waals surface area contributed by atoms with Gasteiger partial charge in [-0.15, -0.1) is 0 Å². The van der Waals surface area contributed by atoms with Crippen molar-refractivity contribution in [1.29, 1.82) is 0 Å². The first-order chi connectivity index (χ1) is 7.02. The molecule has 0 atom stereocenters. The van der Waals surface area contributed by atoms with Crippen molar-refractivity contribution in [3.8, 4) is 0 Å². The zero-order valence-corrected chi connectivity index (χ0v) is 11.1. The third-order valence-corrected chi connectivity index (χ3v) is 4.29. The number of sulfonamides is 1. The predicted octanol–water partition coefficient (Wildman–Crippen LogP) is 0.826. The van der Waals surface area contributed by atoms with Crippen molar-refractivity contribution >= 4 is 26.0 Å². The Labute approximate surface area is 98.3 Å². The summed E-state index contributed by atoms with van der Waals surface area (Å²) in [7, 11) is -1.68. The molecule has 5 nitrogen and oxygen atoms in total. The standard InChI is InChI=1S/C8H14BrN3O2S/c1-3-12(5-4-9)15(13,14)8-6-10-11(2)7-8/h6-7H,3-5H2,1-2H3. The van der Waals surface area contributed by atoms with Crippen LogP contribution in [0, 0.1) is 0 Å². The van der Waals surface area contributed by atoms with Crippen LogP contribution in [0.2, 0.25) is 0 Å². The van der Waals surface area contributed by atoms with Crippen LogP contribution < -0.4 is 0 Å². The zero-order valence-electron chi connectivity index (χ0n) is 8.72. The van der Waals surface area contributed by atoms with E-state index in [0.29, 0.717) is 18.4 Å². The van der Waals surface area contributed by atoms with Gasteiger partial charge in [-0.3, -0.25) is 4.68 Å². The van der Waals surface area contributed by atoms with Gasteiger partial charge in [-0.25, -0.2) is 8.42 Å². The summed E-state index contributed by atoms with van der Waals surface area (Å²) < 4.78 is 26.9. The van der Waals surface area contributed by atoms with Crippen molar-refractivity contribution in [3.63, 3.8) is 0 Å². The molecule has 0 amide bonds. The smallest absolute Gasteiger partial charge is 0.246 e. The van der Waals surface area contributed by atoms with Crippen LogP contribution in [0.4, 0.5) is 0 Å². The molecule has 15 heavy (non-hydrogen) atoms. The van der Waals surface area contributed by atoms with Gasteiger partial charge in [0.2, 0.25) is 10.0 Å². The summed E-state index contributed by atoms with van der Waals surface area (Å²) in [6, 6.07) is 0. The second kappa shape index (κ2) is 5.09. The van der Waals surface area contributed by atoms with Gasteiger partial charge in [-0.2, -0.15) is 9.40 Å². The predicted molar refractivity (Wildman–Crippen MR) is 61.4 cm³/mol. The average molecular weight is 296 g/mol. The van der Waals surface area contributed by atoms with Crippen LogP contribution in [-0.4, -0.2) is 40.9 Å². The molecular weight excluding hydrogens is 282 g/mol. The first kappa shape index (κ1) is 12.7. The molecule has 0 saturated carbocycles. The third-order valence-electron chi connectivity index (χ3n) is 2.01. The molecule has 86 valence electrons. The Hall–Kier alpha value is -0.400. The first-order valence-electron chi connectivity index (χ1n) is 4.57. The maximum Gasteiger partial charge on any atom is 0.246 e. The molecule has 0 bridgehead atoms. The van der Waals surface area contributed by atoms with E-state index in [1.807, 2.05) is 6.92 Å². The molecule has 0 fully saturated rings. The van der Waals surface area contributed by atoms with E-state index in [1.54, 1.807) is 7.05 Å². The monoisotopic (exact) mass is 295 g/mol. The van der Waals surface area contributed by atoms with Gasteiger partial charge >= 0.3 is 0 Å². The Morgan fingerprint density at radius 1 is 1.60 bits per heavy atom. The van der Waals surface area contributed by atoms with Crippen molar-refractivity contribution in [2.45, 2.75) is 11.8 Å². The molecule has 0 radical (unpaired) electrons. The van der Waals surface area contributed by atoms with Crippen LogP contribution >= 0.6 is 15.9 Å². The number of rotatable bonds is 5. The molecule has 7 heteroatoms. The molecule has 0 aliphatic rings. The fourth-order valence-corrected chi connectivity index (χ4v) is 3.32. The van der Waals surface area contributed by atoms with Gasteiger partial charge in [0.25, 0.3) is 0 Å². The SMILES string of the molecule is CCN(CCBr)S(=O)(=O)c1cnn(C)c1. The summed E-state index contributed by atoms with van der Waals surface area (Å²) in [5.41, 5.74) is 0. The highest BCUT2D eigenvalue weighted by atomic mass is 79.9. The summed E-state index contributed by atoms with van der Waals surface area (Å²) in [5.74, 6) is 0. The first-order valence-corrected chi connectivity index (χ1v) is 7.13. The van der Waals surface area contributed by atoms with Crippen LogP contribution in [0.5, 0.6) is 0 Å². The van der Waals surface area contributed by atoms with Gasteiger partial charge in [0.15, 0.2) is 0 Å². The van der Waals surface area contributed by atoms with E-state index in [2.05, 4.69) is 21.0 Å². The lowest BCUT2D eigenvalue weighted by molar-refractivity contribution is 0.448. The molecule has 1 aromatic heterocycles. The largest absolute Gasteiger partial charge is 0.274 e. The summed E-state index contributed by atoms with van der Waals surface area (Å²) >= 11 is 3.23. The number of aryl methyl sites for hydroxylation is 1. The minimum Gasteiger partial charge on any atom is -0.274 e. The molecule has 0 saturated heterocycles. The lowest BCUT2D eigenvalue weighted by Crippen LogP contribution is -2.32. The van der Waals surface area contributed by atoms with E-state index < -0.39 is 10.0 Å². The van der Waals surface area contributed by atoms with Gasteiger partial charge in [0, 0.05) is 31.7 Å². The average Bonchev–Trinajstić information content (AvgIpc) is 2.61. The number of aromatic nitrogens is 2. The number of alkyl halides is 1. The van der Waals surface area contributed by atoms with Crippen molar-refractivity contribution in [2.24, 2.45) is 7.05 Å². The van der Waals surface area contributed by atoms with Crippen molar-refractivity contribution in [1.82, 2.24) is 14.1 Å². The molecule has 1 heterocycles. The summed E-state index contributed by atoms with van der Waals surface area (Å²) in [5, 5.41) is 4.48. The highest BCUT2D eigenvalue weighted by Crippen LogP contribution is 2.14. The molecule has 1 rings (SSSR count). The minimum atomic E-state index is -3.37. The van der Waals surface area contributed by atoms with Gasteiger partial charge in [0.05, 0.1) is 6.20 Å². The Bertz CT molecular complexity index is 415. The van der Waals surface area contributed by atoms with Crippen LogP contribution in [0.15, 0.2) is 17.3 Å². The van der Waals surface area contributed by atoms with Crippen molar-refractivity contribution < 1.29 is 8.42 Å². The second-order valence-electron chi connectivity index (χ2n) is 3.04. The molecule has 0 unspecified atom stereocenters. The van der Waals surface area contributed by atoms with E-state index >= 15 is 0 Å². The van der Waals surface area contributed by atoms with Crippen LogP contribution in [0.1, 0.15) is 6.92 Å². The van der Waals surface area contributed by atoms with Crippen LogP contribution in [-0.2, 0) is 17.1 Å². The Kier molecular flexibility index (Phi) is 4.30. The Morgan fingerprint density at radius 3 is 2.67 bits per heavy atom. The summed E-state index contributed by atoms with van der Waals surface area (Å²) in [6.07, 6.45) is 2.87. The normalized spacial score (nSPS) is 12.3. The minimum absolute atomic E-state index is 0.243. The fraction of sp³-hybridized carbons (Fsp3) is 0.625. The summed E-state index contributed by atoms with van der Waals surface area (Å²) in [4.78, 5) is 0.243. The van der Waals surface area contributed by atoms with Crippen molar-refractivity contribution in [2.75, 3.05) is 18.4 Å². The lowest BCUT2D eigenvalue weighted by atomic mass is 10.7.